The Labute approximate surface area is 204 Å². The quantitative estimate of drug-likeness (QED) is 0.562. The second-order valence-corrected chi connectivity index (χ2v) is 9.70. The maximum atomic E-state index is 13.3. The SMILES string of the molecule is O=C(O)CC1CCCC1NC(=O)C1(NC(=O)OCC2c3ccccc3-c3ccccc32)CCOC1. The molecule has 2 aromatic rings. The molecular weight excluding hydrogens is 448 g/mol. The molecule has 8 heteroatoms. The van der Waals surface area contributed by atoms with Crippen molar-refractivity contribution < 1.29 is 29.0 Å². The van der Waals surface area contributed by atoms with Crippen LogP contribution in [-0.4, -0.2) is 54.5 Å². The number of hydrogen-bond donors (Lipinski definition) is 3. The van der Waals surface area contributed by atoms with Crippen LogP contribution in [0.15, 0.2) is 48.5 Å². The molecule has 1 heterocycles. The van der Waals surface area contributed by atoms with Gasteiger partial charge in [-0.2, -0.15) is 0 Å². The average Bonchev–Trinajstić information content (AvgIpc) is 3.56. The van der Waals surface area contributed by atoms with E-state index in [-0.39, 0.29) is 43.4 Å². The number of amides is 2. The number of alkyl carbamates (subject to hydrolysis) is 1. The minimum Gasteiger partial charge on any atom is -0.481 e. The molecule has 2 aliphatic carbocycles. The number of rotatable bonds is 7. The van der Waals surface area contributed by atoms with E-state index in [0.717, 1.165) is 41.5 Å². The van der Waals surface area contributed by atoms with E-state index in [1.807, 2.05) is 24.3 Å². The Bertz CT molecular complexity index is 1080. The van der Waals surface area contributed by atoms with Crippen molar-refractivity contribution >= 4 is 18.0 Å². The standard InChI is InChI=1S/C27H30N2O6/c30-24(31)14-17-6-5-11-23(17)28-25(32)27(12-13-34-16-27)29-26(33)35-15-22-20-9-3-1-7-18(20)19-8-2-4-10-21(19)22/h1-4,7-10,17,22-23H,5-6,11-16H2,(H,28,32)(H,29,33)(H,30,31). The van der Waals surface area contributed by atoms with Gasteiger partial charge in [0.1, 0.15) is 12.1 Å². The van der Waals surface area contributed by atoms with Crippen LogP contribution in [0.1, 0.15) is 49.1 Å². The number of hydrogen-bond acceptors (Lipinski definition) is 5. The highest BCUT2D eigenvalue weighted by molar-refractivity contribution is 5.91. The van der Waals surface area contributed by atoms with E-state index in [0.29, 0.717) is 13.0 Å². The van der Waals surface area contributed by atoms with E-state index in [9.17, 15) is 19.5 Å². The summed E-state index contributed by atoms with van der Waals surface area (Å²) in [5.74, 6) is -1.39. The van der Waals surface area contributed by atoms with Crippen LogP contribution < -0.4 is 10.6 Å². The molecule has 3 unspecified atom stereocenters. The third-order valence-electron chi connectivity index (χ3n) is 7.55. The summed E-state index contributed by atoms with van der Waals surface area (Å²) in [4.78, 5) is 37.3. The number of carbonyl (C=O) groups is 3. The molecule has 0 bridgehead atoms. The second kappa shape index (κ2) is 9.70. The predicted octanol–water partition coefficient (Wildman–Crippen LogP) is 3.44. The summed E-state index contributed by atoms with van der Waals surface area (Å²) >= 11 is 0. The van der Waals surface area contributed by atoms with Crippen LogP contribution in [0.2, 0.25) is 0 Å². The lowest BCUT2D eigenvalue weighted by Gasteiger charge is -2.30. The minimum absolute atomic E-state index is 0.0221. The van der Waals surface area contributed by atoms with E-state index >= 15 is 0 Å². The molecule has 1 saturated carbocycles. The van der Waals surface area contributed by atoms with Gasteiger partial charge in [-0.1, -0.05) is 55.0 Å². The molecule has 5 rings (SSSR count). The first-order valence-corrected chi connectivity index (χ1v) is 12.2. The summed E-state index contributed by atoms with van der Waals surface area (Å²) < 4.78 is 11.1. The smallest absolute Gasteiger partial charge is 0.408 e. The van der Waals surface area contributed by atoms with Crippen LogP contribution in [0.5, 0.6) is 0 Å². The van der Waals surface area contributed by atoms with Gasteiger partial charge in [-0.25, -0.2) is 4.79 Å². The van der Waals surface area contributed by atoms with Gasteiger partial charge >= 0.3 is 12.1 Å². The number of carbonyl (C=O) groups excluding carboxylic acids is 2. The van der Waals surface area contributed by atoms with E-state index in [2.05, 4.69) is 34.9 Å². The Hall–Kier alpha value is -3.39. The minimum atomic E-state index is -1.22. The van der Waals surface area contributed by atoms with Crippen molar-refractivity contribution in [2.45, 2.75) is 49.6 Å². The molecule has 0 radical (unpaired) electrons. The van der Waals surface area contributed by atoms with Crippen molar-refractivity contribution in [2.75, 3.05) is 19.8 Å². The summed E-state index contributed by atoms with van der Waals surface area (Å²) in [5.41, 5.74) is 3.29. The van der Waals surface area contributed by atoms with Gasteiger partial charge in [-0.05, 0) is 41.0 Å². The highest BCUT2D eigenvalue weighted by Gasteiger charge is 2.46. The van der Waals surface area contributed by atoms with Crippen LogP contribution in [0.3, 0.4) is 0 Å². The third kappa shape index (κ3) is 4.62. The van der Waals surface area contributed by atoms with Crippen LogP contribution in [0.25, 0.3) is 11.1 Å². The van der Waals surface area contributed by atoms with E-state index in [4.69, 9.17) is 9.47 Å². The van der Waals surface area contributed by atoms with E-state index < -0.39 is 17.6 Å². The third-order valence-corrected chi connectivity index (χ3v) is 7.55. The molecule has 0 spiro atoms. The largest absolute Gasteiger partial charge is 0.481 e. The first-order valence-electron chi connectivity index (χ1n) is 12.2. The molecule has 3 aliphatic rings. The maximum absolute atomic E-state index is 13.3. The fourth-order valence-corrected chi connectivity index (χ4v) is 5.73. The van der Waals surface area contributed by atoms with Gasteiger partial charge in [-0.3, -0.25) is 9.59 Å². The zero-order valence-electron chi connectivity index (χ0n) is 19.5. The van der Waals surface area contributed by atoms with Crippen LogP contribution in [-0.2, 0) is 19.1 Å². The lowest BCUT2D eigenvalue weighted by atomic mass is 9.94. The molecule has 1 saturated heterocycles. The van der Waals surface area contributed by atoms with Crippen molar-refractivity contribution in [3.63, 3.8) is 0 Å². The zero-order valence-corrected chi connectivity index (χ0v) is 19.5. The molecule has 3 atom stereocenters. The maximum Gasteiger partial charge on any atom is 0.408 e. The van der Waals surface area contributed by atoms with Crippen molar-refractivity contribution in [1.82, 2.24) is 10.6 Å². The van der Waals surface area contributed by atoms with Crippen LogP contribution >= 0.6 is 0 Å². The van der Waals surface area contributed by atoms with Gasteiger partial charge < -0.3 is 25.2 Å². The average molecular weight is 479 g/mol. The number of carboxylic acids is 1. The van der Waals surface area contributed by atoms with Crippen molar-refractivity contribution in [3.8, 4) is 11.1 Å². The summed E-state index contributed by atoms with van der Waals surface area (Å²) in [6.07, 6.45) is 2.05. The van der Waals surface area contributed by atoms with Gasteiger partial charge in [-0.15, -0.1) is 0 Å². The van der Waals surface area contributed by atoms with Gasteiger partial charge in [0.15, 0.2) is 0 Å². The number of benzene rings is 2. The topological polar surface area (TPSA) is 114 Å². The molecule has 8 nitrogen and oxygen atoms in total. The summed E-state index contributed by atoms with van der Waals surface area (Å²) in [6, 6.07) is 16.0. The van der Waals surface area contributed by atoms with E-state index in [1.165, 1.54) is 0 Å². The summed E-state index contributed by atoms with van der Waals surface area (Å²) in [7, 11) is 0. The molecule has 2 aromatic carbocycles. The van der Waals surface area contributed by atoms with Gasteiger partial charge in [0.25, 0.3) is 0 Å². The van der Waals surface area contributed by atoms with Crippen LogP contribution in [0, 0.1) is 5.92 Å². The van der Waals surface area contributed by atoms with Crippen molar-refractivity contribution in [1.29, 1.82) is 0 Å². The second-order valence-electron chi connectivity index (χ2n) is 9.70. The Morgan fingerprint density at radius 1 is 1.03 bits per heavy atom. The molecule has 2 amide bonds. The lowest BCUT2D eigenvalue weighted by Crippen LogP contribution is -2.61. The Kier molecular flexibility index (Phi) is 6.47. The summed E-state index contributed by atoms with van der Waals surface area (Å²) in [5, 5.41) is 14.9. The van der Waals surface area contributed by atoms with Gasteiger partial charge in [0.2, 0.25) is 5.91 Å². The Morgan fingerprint density at radius 3 is 2.34 bits per heavy atom. The fraction of sp³-hybridized carbons (Fsp3) is 0.444. The number of ether oxygens (including phenoxy) is 2. The normalized spacial score (nSPS) is 25.0. The highest BCUT2D eigenvalue weighted by Crippen LogP contribution is 2.44. The highest BCUT2D eigenvalue weighted by atomic mass is 16.6. The number of aliphatic carboxylic acids is 1. The molecule has 3 N–H and O–H groups in total. The van der Waals surface area contributed by atoms with Crippen LogP contribution in [0.4, 0.5) is 4.79 Å². The fourth-order valence-electron chi connectivity index (χ4n) is 5.73. The van der Waals surface area contributed by atoms with Gasteiger partial charge in [0.05, 0.1) is 13.0 Å². The Morgan fingerprint density at radius 2 is 1.71 bits per heavy atom. The Balaban J connectivity index is 1.24. The molecule has 1 aliphatic heterocycles. The van der Waals surface area contributed by atoms with Crippen molar-refractivity contribution in [3.05, 3.63) is 59.7 Å². The number of carboxylic acid groups (broad SMARTS) is 1. The molecule has 35 heavy (non-hydrogen) atoms. The first-order chi connectivity index (χ1) is 17.0. The molecule has 2 fully saturated rings. The molecule has 184 valence electrons. The summed E-state index contributed by atoms with van der Waals surface area (Å²) in [6.45, 7) is 0.557. The molecule has 0 aromatic heterocycles. The monoisotopic (exact) mass is 478 g/mol. The predicted molar refractivity (Wildman–Crippen MR) is 128 cm³/mol. The lowest BCUT2D eigenvalue weighted by molar-refractivity contribution is -0.138. The number of nitrogens with one attached hydrogen (secondary N) is 2. The zero-order chi connectivity index (χ0) is 24.4. The van der Waals surface area contributed by atoms with Crippen molar-refractivity contribution in [2.24, 2.45) is 5.92 Å². The number of fused-ring (bicyclic) bond motifs is 3. The molecular formula is C27H30N2O6. The first kappa shape index (κ1) is 23.4. The van der Waals surface area contributed by atoms with Gasteiger partial charge in [0, 0.05) is 25.0 Å². The van der Waals surface area contributed by atoms with E-state index in [1.54, 1.807) is 0 Å².